The Morgan fingerprint density at radius 3 is 2.44 bits per heavy atom. The summed E-state index contributed by atoms with van der Waals surface area (Å²) < 4.78 is 2.51. The normalized spacial score (nSPS) is 18.1. The molecule has 0 spiro atoms. The topological polar surface area (TPSA) is 30.9 Å². The number of nitrogens with zero attached hydrogens (tertiary/aromatic N) is 1. The fraction of sp³-hybridized carbons (Fsp3) is 0.714. The van der Waals surface area contributed by atoms with Crippen LogP contribution in [0.1, 0.15) is 55.6 Å². The first-order valence-electron chi connectivity index (χ1n) is 6.44. The zero-order chi connectivity index (χ0) is 11.9. The number of rotatable bonds is 4. The fourth-order valence-corrected chi connectivity index (χ4v) is 2.83. The van der Waals surface area contributed by atoms with E-state index in [4.69, 9.17) is 5.73 Å². The van der Waals surface area contributed by atoms with E-state index in [1.165, 1.54) is 29.8 Å². The van der Waals surface area contributed by atoms with Crippen LogP contribution in [-0.2, 0) is 0 Å². The van der Waals surface area contributed by atoms with Crippen LogP contribution >= 0.6 is 0 Å². The smallest absolute Gasteiger partial charge is 0.0337 e. The van der Waals surface area contributed by atoms with Crippen LogP contribution < -0.4 is 5.73 Å². The van der Waals surface area contributed by atoms with E-state index < -0.39 is 0 Å². The van der Waals surface area contributed by atoms with Crippen LogP contribution in [0.3, 0.4) is 0 Å². The second-order valence-corrected chi connectivity index (χ2v) is 5.51. The van der Waals surface area contributed by atoms with Gasteiger partial charge in [-0.15, -0.1) is 0 Å². The Balaban J connectivity index is 2.37. The highest BCUT2D eigenvalue weighted by Crippen LogP contribution is 2.40. The Bertz CT molecular complexity index is 372. The summed E-state index contributed by atoms with van der Waals surface area (Å²) in [5.74, 6) is 1.14. The van der Waals surface area contributed by atoms with Gasteiger partial charge in [0.15, 0.2) is 0 Å². The van der Waals surface area contributed by atoms with Crippen LogP contribution in [-0.4, -0.2) is 11.1 Å². The van der Waals surface area contributed by atoms with E-state index in [9.17, 15) is 0 Å². The van der Waals surface area contributed by atoms with E-state index in [1.807, 2.05) is 0 Å². The van der Waals surface area contributed by atoms with Gasteiger partial charge in [-0.1, -0.05) is 13.8 Å². The predicted molar refractivity (Wildman–Crippen MR) is 68.8 cm³/mol. The first-order chi connectivity index (χ1) is 7.56. The van der Waals surface area contributed by atoms with Gasteiger partial charge < -0.3 is 10.3 Å². The quantitative estimate of drug-likeness (QED) is 0.830. The fourth-order valence-electron chi connectivity index (χ4n) is 2.83. The lowest BCUT2D eigenvalue weighted by Crippen LogP contribution is -2.18. The second-order valence-electron chi connectivity index (χ2n) is 5.51. The van der Waals surface area contributed by atoms with Gasteiger partial charge in [-0.3, -0.25) is 0 Å². The highest BCUT2D eigenvalue weighted by Gasteiger charge is 2.28. The highest BCUT2D eigenvalue weighted by atomic mass is 15.1. The molecule has 2 rings (SSSR count). The van der Waals surface area contributed by atoms with Gasteiger partial charge in [-0.25, -0.2) is 0 Å². The van der Waals surface area contributed by atoms with Gasteiger partial charge in [0.2, 0.25) is 0 Å². The lowest BCUT2D eigenvalue weighted by atomic mass is 9.88. The minimum absolute atomic E-state index is 0.513. The molecule has 0 bridgehead atoms. The van der Waals surface area contributed by atoms with E-state index in [-0.39, 0.29) is 0 Å². The molecule has 0 aliphatic heterocycles. The summed E-state index contributed by atoms with van der Waals surface area (Å²) in [5.41, 5.74) is 10.2. The maximum Gasteiger partial charge on any atom is 0.0337 e. The summed E-state index contributed by atoms with van der Waals surface area (Å²) in [6.45, 7) is 9.77. The molecule has 1 heterocycles. The third kappa shape index (κ3) is 1.91. The van der Waals surface area contributed by atoms with Gasteiger partial charge in [0.05, 0.1) is 0 Å². The minimum Gasteiger partial charge on any atom is -0.346 e. The molecule has 1 aromatic heterocycles. The third-order valence-electron chi connectivity index (χ3n) is 3.89. The molecule has 2 heteroatoms. The summed E-state index contributed by atoms with van der Waals surface area (Å²) in [4.78, 5) is 0. The zero-order valence-electron chi connectivity index (χ0n) is 11.0. The Morgan fingerprint density at radius 1 is 1.38 bits per heavy atom. The SMILES string of the molecule is Cc1cc(C(CN)C(C)C)c(C)n1C1CC1. The molecule has 1 atom stereocenters. The first kappa shape index (κ1) is 11.7. The predicted octanol–water partition coefficient (Wildman–Crippen LogP) is 3.14. The van der Waals surface area contributed by atoms with Crippen molar-refractivity contribution in [2.45, 2.75) is 52.5 Å². The van der Waals surface area contributed by atoms with Crippen molar-refractivity contribution in [3.8, 4) is 0 Å². The van der Waals surface area contributed by atoms with Gasteiger partial charge in [0.1, 0.15) is 0 Å². The monoisotopic (exact) mass is 220 g/mol. The van der Waals surface area contributed by atoms with Crippen LogP contribution in [0, 0.1) is 19.8 Å². The summed E-state index contributed by atoms with van der Waals surface area (Å²) in [5, 5.41) is 0. The van der Waals surface area contributed by atoms with Gasteiger partial charge in [0, 0.05) is 23.3 Å². The van der Waals surface area contributed by atoms with Gasteiger partial charge >= 0.3 is 0 Å². The minimum atomic E-state index is 0.513. The van der Waals surface area contributed by atoms with E-state index in [1.54, 1.807) is 0 Å². The summed E-state index contributed by atoms with van der Waals surface area (Å²) in [7, 11) is 0. The number of nitrogens with two attached hydrogens (primary N) is 1. The van der Waals surface area contributed by atoms with Crippen LogP contribution in [0.4, 0.5) is 0 Å². The Hall–Kier alpha value is -0.760. The molecule has 2 N–H and O–H groups in total. The molecule has 1 saturated carbocycles. The van der Waals surface area contributed by atoms with Crippen molar-refractivity contribution >= 4 is 0 Å². The molecule has 0 radical (unpaired) electrons. The maximum atomic E-state index is 5.92. The molecule has 1 aromatic rings. The highest BCUT2D eigenvalue weighted by molar-refractivity contribution is 5.32. The first-order valence-corrected chi connectivity index (χ1v) is 6.44. The largest absolute Gasteiger partial charge is 0.346 e. The lowest BCUT2D eigenvalue weighted by Gasteiger charge is -2.19. The molecular weight excluding hydrogens is 196 g/mol. The average molecular weight is 220 g/mol. The molecule has 1 unspecified atom stereocenters. The van der Waals surface area contributed by atoms with Crippen molar-refractivity contribution in [2.75, 3.05) is 6.54 Å². The molecule has 1 fully saturated rings. The number of hydrogen-bond acceptors (Lipinski definition) is 1. The van der Waals surface area contributed by atoms with Crippen molar-refractivity contribution in [2.24, 2.45) is 11.7 Å². The Labute approximate surface area is 98.8 Å². The summed E-state index contributed by atoms with van der Waals surface area (Å²) >= 11 is 0. The Kier molecular flexibility index (Phi) is 3.11. The van der Waals surface area contributed by atoms with Gasteiger partial charge in [-0.2, -0.15) is 0 Å². The van der Waals surface area contributed by atoms with Crippen molar-refractivity contribution < 1.29 is 0 Å². The molecular formula is C14H24N2. The van der Waals surface area contributed by atoms with E-state index in [2.05, 4.69) is 38.3 Å². The van der Waals surface area contributed by atoms with Crippen LogP contribution in [0.15, 0.2) is 6.07 Å². The molecule has 0 saturated heterocycles. The van der Waals surface area contributed by atoms with Crippen molar-refractivity contribution in [1.82, 2.24) is 4.57 Å². The third-order valence-corrected chi connectivity index (χ3v) is 3.89. The van der Waals surface area contributed by atoms with Gasteiger partial charge in [-0.05, 0) is 50.8 Å². The van der Waals surface area contributed by atoms with E-state index in [0.717, 1.165) is 12.6 Å². The van der Waals surface area contributed by atoms with Crippen molar-refractivity contribution in [1.29, 1.82) is 0 Å². The van der Waals surface area contributed by atoms with Gasteiger partial charge in [0.25, 0.3) is 0 Å². The molecule has 1 aliphatic rings. The number of aromatic nitrogens is 1. The van der Waals surface area contributed by atoms with Crippen LogP contribution in [0.2, 0.25) is 0 Å². The maximum absolute atomic E-state index is 5.92. The van der Waals surface area contributed by atoms with Crippen LogP contribution in [0.5, 0.6) is 0 Å². The molecule has 2 nitrogen and oxygen atoms in total. The lowest BCUT2D eigenvalue weighted by molar-refractivity contribution is 0.502. The zero-order valence-corrected chi connectivity index (χ0v) is 11.0. The summed E-state index contributed by atoms with van der Waals surface area (Å²) in [6.07, 6.45) is 2.70. The molecule has 0 amide bonds. The van der Waals surface area contributed by atoms with Crippen molar-refractivity contribution in [3.63, 3.8) is 0 Å². The average Bonchev–Trinajstić information content (AvgIpc) is 2.97. The molecule has 0 aromatic carbocycles. The standard InChI is InChI=1S/C14H24N2/c1-9(2)14(8-15)13-7-10(3)16(11(13)4)12-5-6-12/h7,9,12,14H,5-6,8,15H2,1-4H3. The summed E-state index contributed by atoms with van der Waals surface area (Å²) in [6, 6.07) is 3.13. The Morgan fingerprint density at radius 2 is 2.00 bits per heavy atom. The number of aryl methyl sites for hydroxylation is 1. The molecule has 16 heavy (non-hydrogen) atoms. The van der Waals surface area contributed by atoms with E-state index in [0.29, 0.717) is 11.8 Å². The van der Waals surface area contributed by atoms with Crippen LogP contribution in [0.25, 0.3) is 0 Å². The van der Waals surface area contributed by atoms with E-state index >= 15 is 0 Å². The second kappa shape index (κ2) is 4.25. The molecule has 90 valence electrons. The van der Waals surface area contributed by atoms with Crippen molar-refractivity contribution in [3.05, 3.63) is 23.0 Å². The molecule has 1 aliphatic carbocycles. The number of hydrogen-bond donors (Lipinski definition) is 1.